The standard InChI is InChI=1S/C45H58F2N4O5Si/c1-10-34(49-35-21-22-50(27-35)42(52)56-43(4,5)6)26-48-32(3)41-38-25-40-39(53-30-54-40)24-33(38)23-31(2)51(41)28-45(46,47)29-55-57(44(7,8)9,36-17-13-11-14-18-36)37-19-15-12-16-20-37/h10-20,24-26,31,35,41,49H,3,21-23,27-30H2,1-2,4-9H3/b34-10+,48-26-/t31-,35+,41-/m1/s1. The maximum atomic E-state index is 16.8. The highest BCUT2D eigenvalue weighted by atomic mass is 28.4. The number of aliphatic imine (C=N–C) groups is 1. The minimum atomic E-state index is -3.24. The molecule has 0 unspecified atom stereocenters. The largest absolute Gasteiger partial charge is 0.454 e. The molecule has 1 amide bonds. The lowest BCUT2D eigenvalue weighted by atomic mass is 9.86. The molecule has 0 bridgehead atoms. The molecule has 3 heterocycles. The first kappa shape index (κ1) is 42.1. The van der Waals surface area contributed by atoms with Crippen molar-refractivity contribution in [1.82, 2.24) is 15.1 Å². The predicted molar refractivity (Wildman–Crippen MR) is 224 cm³/mol. The number of likely N-dealkylation sites (tertiary alicyclic amines) is 1. The quantitative estimate of drug-likeness (QED) is 0.147. The van der Waals surface area contributed by atoms with Crippen LogP contribution in [-0.4, -0.2) is 87.1 Å². The van der Waals surface area contributed by atoms with E-state index in [1.54, 1.807) is 16.0 Å². The van der Waals surface area contributed by atoms with Crippen molar-refractivity contribution in [2.45, 2.75) is 103 Å². The summed E-state index contributed by atoms with van der Waals surface area (Å²) in [6, 6.07) is 22.6. The number of hydrogen-bond acceptors (Lipinski definition) is 8. The molecule has 3 aliphatic heterocycles. The van der Waals surface area contributed by atoms with Crippen molar-refractivity contribution in [2.75, 3.05) is 33.0 Å². The van der Waals surface area contributed by atoms with Gasteiger partial charge in [0.25, 0.3) is 14.2 Å². The Labute approximate surface area is 337 Å². The molecule has 12 heteroatoms. The van der Waals surface area contributed by atoms with Crippen molar-refractivity contribution in [3.63, 3.8) is 0 Å². The smallest absolute Gasteiger partial charge is 0.410 e. The molecule has 3 aromatic rings. The number of carbonyl (C=O) groups is 1. The number of rotatable bonds is 12. The first-order valence-corrected chi connectivity index (χ1v) is 21.8. The summed E-state index contributed by atoms with van der Waals surface area (Å²) in [4.78, 5) is 21.0. The van der Waals surface area contributed by atoms with Crippen LogP contribution in [0.1, 0.15) is 79.0 Å². The number of hydrogen-bond donors (Lipinski definition) is 1. The first-order valence-electron chi connectivity index (χ1n) is 19.9. The first-order chi connectivity index (χ1) is 26.9. The Hall–Kier alpha value is -4.52. The Balaban J connectivity index is 1.26. The fraction of sp³-hybridized carbons (Fsp3) is 0.467. The van der Waals surface area contributed by atoms with Crippen molar-refractivity contribution >= 4 is 31.0 Å². The number of ether oxygens (including phenoxy) is 3. The third-order valence-corrected chi connectivity index (χ3v) is 15.9. The zero-order valence-corrected chi connectivity index (χ0v) is 35.6. The molecular formula is C45H58F2N4O5Si. The Kier molecular flexibility index (Phi) is 12.4. The van der Waals surface area contributed by atoms with Crippen molar-refractivity contribution in [3.8, 4) is 11.5 Å². The van der Waals surface area contributed by atoms with Gasteiger partial charge in [-0.1, -0.05) is 94.1 Å². The van der Waals surface area contributed by atoms with Gasteiger partial charge in [-0.3, -0.25) is 9.89 Å². The summed E-state index contributed by atoms with van der Waals surface area (Å²) in [6.07, 6.45) is 4.52. The number of nitrogens with zero attached hydrogens (tertiary/aromatic N) is 3. The molecule has 3 aliphatic rings. The molecule has 0 radical (unpaired) electrons. The van der Waals surface area contributed by atoms with Gasteiger partial charge in [0.2, 0.25) is 6.79 Å². The van der Waals surface area contributed by atoms with Crippen molar-refractivity contribution < 1.29 is 32.2 Å². The highest BCUT2D eigenvalue weighted by Gasteiger charge is 2.52. The normalized spacial score (nSPS) is 20.5. The third kappa shape index (κ3) is 9.45. The number of allylic oxidation sites excluding steroid dienone is 2. The summed E-state index contributed by atoms with van der Waals surface area (Å²) in [6.45, 7) is 19.9. The molecule has 0 aliphatic carbocycles. The molecule has 0 aromatic heterocycles. The van der Waals surface area contributed by atoms with E-state index in [2.05, 4.69) is 32.7 Å². The van der Waals surface area contributed by atoms with Gasteiger partial charge in [0, 0.05) is 37.1 Å². The van der Waals surface area contributed by atoms with Gasteiger partial charge < -0.3 is 28.9 Å². The summed E-state index contributed by atoms with van der Waals surface area (Å²) in [5, 5.41) is 4.92. The van der Waals surface area contributed by atoms with Gasteiger partial charge in [0.05, 0.1) is 24.9 Å². The van der Waals surface area contributed by atoms with Crippen LogP contribution < -0.4 is 25.2 Å². The number of benzene rings is 3. The minimum absolute atomic E-state index is 0.00988. The predicted octanol–water partition coefficient (Wildman–Crippen LogP) is 8.00. The lowest BCUT2D eigenvalue weighted by Gasteiger charge is -2.45. The number of nitrogens with one attached hydrogen (secondary N) is 1. The fourth-order valence-corrected chi connectivity index (χ4v) is 12.8. The molecule has 0 saturated carbocycles. The van der Waals surface area contributed by atoms with E-state index in [1.807, 2.05) is 113 Å². The van der Waals surface area contributed by atoms with Crippen LogP contribution in [0.3, 0.4) is 0 Å². The summed E-state index contributed by atoms with van der Waals surface area (Å²) in [7, 11) is -3.23. The van der Waals surface area contributed by atoms with Gasteiger partial charge in [-0.05, 0) is 86.1 Å². The molecule has 1 saturated heterocycles. The van der Waals surface area contributed by atoms with E-state index in [0.29, 0.717) is 36.7 Å². The average molecular weight is 801 g/mol. The zero-order valence-electron chi connectivity index (χ0n) is 34.6. The number of carbonyl (C=O) groups excluding carboxylic acids is 1. The second-order valence-electron chi connectivity index (χ2n) is 17.4. The van der Waals surface area contributed by atoms with E-state index in [4.69, 9.17) is 23.6 Å². The fourth-order valence-electron chi connectivity index (χ4n) is 8.23. The van der Waals surface area contributed by atoms with E-state index in [0.717, 1.165) is 33.6 Å². The third-order valence-electron chi connectivity index (χ3n) is 10.9. The minimum Gasteiger partial charge on any atom is -0.454 e. The van der Waals surface area contributed by atoms with E-state index in [9.17, 15) is 4.79 Å². The topological polar surface area (TPSA) is 84.9 Å². The van der Waals surface area contributed by atoms with E-state index >= 15 is 8.78 Å². The maximum absolute atomic E-state index is 16.8. The Morgan fingerprint density at radius 3 is 2.19 bits per heavy atom. The van der Waals surface area contributed by atoms with Gasteiger partial charge >= 0.3 is 6.09 Å². The summed E-state index contributed by atoms with van der Waals surface area (Å²) in [5.41, 5.74) is 2.36. The highest BCUT2D eigenvalue weighted by molar-refractivity contribution is 6.99. The van der Waals surface area contributed by atoms with Gasteiger partial charge in [0.1, 0.15) is 5.60 Å². The van der Waals surface area contributed by atoms with Crippen LogP contribution >= 0.6 is 0 Å². The summed E-state index contributed by atoms with van der Waals surface area (Å²) in [5.74, 6) is -2.03. The second kappa shape index (κ2) is 16.8. The second-order valence-corrected chi connectivity index (χ2v) is 21.7. The number of fused-ring (bicyclic) bond motifs is 2. The number of amides is 1. The molecule has 9 nitrogen and oxygen atoms in total. The van der Waals surface area contributed by atoms with Gasteiger partial charge in [0.15, 0.2) is 11.5 Å². The molecule has 1 N–H and O–H groups in total. The average Bonchev–Trinajstić information content (AvgIpc) is 3.82. The lowest BCUT2D eigenvalue weighted by molar-refractivity contribution is -0.0822. The number of alkyl halides is 2. The Bertz CT molecular complexity index is 1920. The Morgan fingerprint density at radius 2 is 1.61 bits per heavy atom. The molecule has 3 aromatic carbocycles. The van der Waals surface area contributed by atoms with Gasteiger partial charge in [-0.2, -0.15) is 0 Å². The molecule has 1 fully saturated rings. The SMILES string of the molecule is C=C(/N=C\C(=C/C)N[C@H]1CCN(C(=O)OC(C)(C)C)C1)[C@@H]1c2cc3c(cc2C[C@@H](C)N1CC(F)(F)CO[Si](c1ccccc1)(c1ccccc1)C(C)(C)C)OCO3. The van der Waals surface area contributed by atoms with Crippen LogP contribution in [-0.2, 0) is 15.6 Å². The van der Waals surface area contributed by atoms with Crippen LogP contribution in [0.5, 0.6) is 11.5 Å². The van der Waals surface area contributed by atoms with Crippen molar-refractivity contribution in [3.05, 3.63) is 108 Å². The molecule has 3 atom stereocenters. The van der Waals surface area contributed by atoms with Gasteiger partial charge in [-0.15, -0.1) is 0 Å². The summed E-state index contributed by atoms with van der Waals surface area (Å²) >= 11 is 0. The monoisotopic (exact) mass is 800 g/mol. The van der Waals surface area contributed by atoms with E-state index in [1.165, 1.54) is 0 Å². The molecule has 57 heavy (non-hydrogen) atoms. The number of halogens is 2. The highest BCUT2D eigenvalue weighted by Crippen LogP contribution is 2.45. The van der Waals surface area contributed by atoms with E-state index in [-0.39, 0.29) is 25.0 Å². The molecule has 306 valence electrons. The molecule has 6 rings (SSSR count). The van der Waals surface area contributed by atoms with Crippen LogP contribution in [0.4, 0.5) is 13.6 Å². The summed E-state index contributed by atoms with van der Waals surface area (Å²) < 4.78 is 57.4. The zero-order chi connectivity index (χ0) is 41.2. The van der Waals surface area contributed by atoms with Crippen LogP contribution in [0.15, 0.2) is 102 Å². The molecule has 0 spiro atoms. The maximum Gasteiger partial charge on any atom is 0.410 e. The van der Waals surface area contributed by atoms with Gasteiger partial charge in [-0.25, -0.2) is 13.6 Å². The Morgan fingerprint density at radius 1 is 1.00 bits per heavy atom. The molecular weight excluding hydrogens is 743 g/mol. The van der Waals surface area contributed by atoms with Crippen LogP contribution in [0, 0.1) is 0 Å². The lowest BCUT2D eigenvalue weighted by Crippen LogP contribution is -2.67. The van der Waals surface area contributed by atoms with Crippen molar-refractivity contribution in [2.24, 2.45) is 4.99 Å². The van der Waals surface area contributed by atoms with Crippen molar-refractivity contribution in [1.29, 1.82) is 0 Å². The van der Waals surface area contributed by atoms with Crippen LogP contribution in [0.25, 0.3) is 0 Å². The van der Waals surface area contributed by atoms with E-state index < -0.39 is 44.1 Å². The van der Waals surface area contributed by atoms with Crippen LogP contribution in [0.2, 0.25) is 5.04 Å².